The van der Waals surface area contributed by atoms with E-state index in [-0.39, 0.29) is 5.69 Å². The molecule has 0 aromatic heterocycles. The number of rotatable bonds is 4. The van der Waals surface area contributed by atoms with Gasteiger partial charge in [-0.05, 0) is 23.8 Å². The summed E-state index contributed by atoms with van der Waals surface area (Å²) in [5.41, 5.74) is 1.44. The lowest BCUT2D eigenvalue weighted by atomic mass is 10.0. The molecule has 19 heavy (non-hydrogen) atoms. The van der Waals surface area contributed by atoms with Gasteiger partial charge in [0.1, 0.15) is 5.75 Å². The molecule has 5 nitrogen and oxygen atoms in total. The second kappa shape index (κ2) is 5.30. The van der Waals surface area contributed by atoms with Crippen LogP contribution in [0.5, 0.6) is 5.75 Å². The largest absolute Gasteiger partial charge is 0.496 e. The number of nitrogens with zero attached hydrogens (tertiary/aromatic N) is 1. The van der Waals surface area contributed by atoms with Crippen LogP contribution in [0, 0.1) is 10.1 Å². The predicted molar refractivity (Wildman–Crippen MR) is 70.5 cm³/mol. The Labute approximate surface area is 109 Å². The number of benzene rings is 2. The molecule has 0 aliphatic rings. The Bertz CT molecular complexity index is 637. The third-order valence-electron chi connectivity index (χ3n) is 2.77. The van der Waals surface area contributed by atoms with Crippen LogP contribution in [0.2, 0.25) is 0 Å². The van der Waals surface area contributed by atoms with Gasteiger partial charge in [-0.1, -0.05) is 18.2 Å². The van der Waals surface area contributed by atoms with Crippen LogP contribution in [0.4, 0.5) is 5.69 Å². The molecule has 0 saturated heterocycles. The molecule has 5 heteroatoms. The normalized spacial score (nSPS) is 9.95. The fourth-order valence-electron chi connectivity index (χ4n) is 1.87. The van der Waals surface area contributed by atoms with Crippen molar-refractivity contribution in [1.82, 2.24) is 0 Å². The molecule has 96 valence electrons. The van der Waals surface area contributed by atoms with Gasteiger partial charge in [0, 0.05) is 6.07 Å². The van der Waals surface area contributed by atoms with E-state index >= 15 is 0 Å². The Hall–Kier alpha value is -2.69. The van der Waals surface area contributed by atoms with Crippen molar-refractivity contribution in [1.29, 1.82) is 0 Å². The summed E-state index contributed by atoms with van der Waals surface area (Å²) < 4.78 is 5.04. The Kier molecular flexibility index (Phi) is 3.56. The molecule has 0 aliphatic heterocycles. The Morgan fingerprint density at radius 3 is 2.58 bits per heavy atom. The van der Waals surface area contributed by atoms with Crippen LogP contribution in [0.3, 0.4) is 0 Å². The standard InChI is InChI=1S/C14H11NO4/c1-19-14-7-6-10(8-11(14)9-16)12-4-2-3-5-13(12)15(17)18/h2-9H,1H3. The highest BCUT2D eigenvalue weighted by atomic mass is 16.6. The number of para-hydroxylation sites is 1. The Morgan fingerprint density at radius 2 is 1.95 bits per heavy atom. The van der Waals surface area contributed by atoms with Gasteiger partial charge in [-0.2, -0.15) is 0 Å². The van der Waals surface area contributed by atoms with Crippen LogP contribution in [-0.2, 0) is 0 Å². The van der Waals surface area contributed by atoms with Crippen molar-refractivity contribution in [2.24, 2.45) is 0 Å². The number of nitro groups is 1. The molecule has 0 fully saturated rings. The van der Waals surface area contributed by atoms with E-state index in [1.165, 1.54) is 13.2 Å². The monoisotopic (exact) mass is 257 g/mol. The summed E-state index contributed by atoms with van der Waals surface area (Å²) in [5, 5.41) is 11.0. The van der Waals surface area contributed by atoms with Crippen molar-refractivity contribution in [2.45, 2.75) is 0 Å². The summed E-state index contributed by atoms with van der Waals surface area (Å²) in [5.74, 6) is 0.442. The molecule has 0 radical (unpaired) electrons. The lowest BCUT2D eigenvalue weighted by molar-refractivity contribution is -0.384. The number of nitro benzene ring substituents is 1. The minimum absolute atomic E-state index is 0.00418. The van der Waals surface area contributed by atoms with Gasteiger partial charge in [-0.3, -0.25) is 14.9 Å². The van der Waals surface area contributed by atoms with Gasteiger partial charge in [0.2, 0.25) is 0 Å². The van der Waals surface area contributed by atoms with E-state index in [1.807, 2.05) is 0 Å². The average Bonchev–Trinajstić information content (AvgIpc) is 2.46. The molecule has 2 rings (SSSR count). The molecule has 0 heterocycles. The molecule has 2 aromatic carbocycles. The van der Waals surface area contributed by atoms with Crippen LogP contribution in [0.1, 0.15) is 10.4 Å². The maximum atomic E-state index is 11.0. The van der Waals surface area contributed by atoms with Crippen molar-refractivity contribution >= 4 is 12.0 Å². The van der Waals surface area contributed by atoms with E-state index in [9.17, 15) is 14.9 Å². The maximum Gasteiger partial charge on any atom is 0.277 e. The topological polar surface area (TPSA) is 69.4 Å². The van der Waals surface area contributed by atoms with Crippen LogP contribution < -0.4 is 4.74 Å². The summed E-state index contributed by atoms with van der Waals surface area (Å²) in [6.07, 6.45) is 0.664. The van der Waals surface area contributed by atoms with Gasteiger partial charge in [0.25, 0.3) is 5.69 Å². The number of methoxy groups -OCH3 is 1. The van der Waals surface area contributed by atoms with Crippen LogP contribution in [0.15, 0.2) is 42.5 Å². The van der Waals surface area contributed by atoms with Crippen molar-refractivity contribution < 1.29 is 14.5 Å². The summed E-state index contributed by atoms with van der Waals surface area (Å²) in [6.45, 7) is 0. The van der Waals surface area contributed by atoms with Crippen molar-refractivity contribution in [3.8, 4) is 16.9 Å². The zero-order valence-corrected chi connectivity index (χ0v) is 10.2. The molecule has 2 aromatic rings. The molecule has 0 aliphatic carbocycles. The molecule has 0 atom stereocenters. The quantitative estimate of drug-likeness (QED) is 0.479. The predicted octanol–water partition coefficient (Wildman–Crippen LogP) is 3.08. The third kappa shape index (κ3) is 2.44. The van der Waals surface area contributed by atoms with Crippen LogP contribution >= 0.6 is 0 Å². The molecule has 0 spiro atoms. The number of carbonyl (C=O) groups excluding carboxylic acids is 1. The number of aldehydes is 1. The number of hydrogen-bond donors (Lipinski definition) is 0. The van der Waals surface area contributed by atoms with Gasteiger partial charge in [-0.25, -0.2) is 0 Å². The van der Waals surface area contributed by atoms with Crippen molar-refractivity contribution in [2.75, 3.05) is 7.11 Å². The summed E-state index contributed by atoms with van der Waals surface area (Å²) in [4.78, 5) is 21.5. The van der Waals surface area contributed by atoms with E-state index in [0.29, 0.717) is 28.7 Å². The molecular weight excluding hydrogens is 246 g/mol. The first-order valence-corrected chi connectivity index (χ1v) is 5.54. The molecule has 0 amide bonds. The number of carbonyl (C=O) groups is 1. The highest BCUT2D eigenvalue weighted by Gasteiger charge is 2.15. The first-order chi connectivity index (χ1) is 9.17. The SMILES string of the molecule is COc1ccc(-c2ccccc2[N+](=O)[O-])cc1C=O. The highest BCUT2D eigenvalue weighted by Crippen LogP contribution is 2.32. The number of hydrogen-bond acceptors (Lipinski definition) is 4. The van der Waals surface area contributed by atoms with E-state index < -0.39 is 4.92 Å². The summed E-state index contributed by atoms with van der Waals surface area (Å²) >= 11 is 0. The minimum Gasteiger partial charge on any atom is -0.496 e. The van der Waals surface area contributed by atoms with Gasteiger partial charge in [-0.15, -0.1) is 0 Å². The van der Waals surface area contributed by atoms with E-state index in [0.717, 1.165) is 0 Å². The van der Waals surface area contributed by atoms with Gasteiger partial charge < -0.3 is 4.74 Å². The molecule has 0 unspecified atom stereocenters. The summed E-state index contributed by atoms with van der Waals surface area (Å²) in [6, 6.07) is 11.3. The first kappa shape index (κ1) is 12.8. The van der Waals surface area contributed by atoms with Gasteiger partial charge in [0.05, 0.1) is 23.2 Å². The molecular formula is C14H11NO4. The average molecular weight is 257 g/mol. The number of ether oxygens (including phenoxy) is 1. The maximum absolute atomic E-state index is 11.0. The van der Waals surface area contributed by atoms with E-state index in [2.05, 4.69) is 0 Å². The zero-order chi connectivity index (χ0) is 13.8. The lowest BCUT2D eigenvalue weighted by Gasteiger charge is -2.07. The second-order valence-electron chi connectivity index (χ2n) is 3.85. The van der Waals surface area contributed by atoms with Gasteiger partial charge >= 0.3 is 0 Å². The highest BCUT2D eigenvalue weighted by molar-refractivity contribution is 5.84. The smallest absolute Gasteiger partial charge is 0.277 e. The first-order valence-electron chi connectivity index (χ1n) is 5.54. The van der Waals surface area contributed by atoms with Crippen molar-refractivity contribution in [3.05, 3.63) is 58.1 Å². The van der Waals surface area contributed by atoms with Crippen LogP contribution in [-0.4, -0.2) is 18.3 Å². The third-order valence-corrected chi connectivity index (χ3v) is 2.77. The van der Waals surface area contributed by atoms with Crippen molar-refractivity contribution in [3.63, 3.8) is 0 Å². The molecule has 0 bridgehead atoms. The molecule has 0 saturated carbocycles. The fourth-order valence-corrected chi connectivity index (χ4v) is 1.87. The van der Waals surface area contributed by atoms with E-state index in [1.54, 1.807) is 36.4 Å². The molecule has 0 N–H and O–H groups in total. The minimum atomic E-state index is -0.444. The summed E-state index contributed by atoms with van der Waals surface area (Å²) in [7, 11) is 1.47. The second-order valence-corrected chi connectivity index (χ2v) is 3.85. The Morgan fingerprint density at radius 1 is 1.21 bits per heavy atom. The van der Waals surface area contributed by atoms with Gasteiger partial charge in [0.15, 0.2) is 6.29 Å². The van der Waals surface area contributed by atoms with Crippen LogP contribution in [0.25, 0.3) is 11.1 Å². The lowest BCUT2D eigenvalue weighted by Crippen LogP contribution is -1.94. The Balaban J connectivity index is 2.59. The zero-order valence-electron chi connectivity index (χ0n) is 10.2. The fraction of sp³-hybridized carbons (Fsp3) is 0.0714. The van der Waals surface area contributed by atoms with E-state index in [4.69, 9.17) is 4.74 Å².